The van der Waals surface area contributed by atoms with Gasteiger partial charge >= 0.3 is 0 Å². The molecule has 5 rings (SSSR count). The Kier molecular flexibility index (Phi) is 7.68. The van der Waals surface area contributed by atoms with Gasteiger partial charge in [-0.1, -0.05) is 6.07 Å². The van der Waals surface area contributed by atoms with Crippen molar-refractivity contribution >= 4 is 23.2 Å². The predicted molar refractivity (Wildman–Crippen MR) is 156 cm³/mol. The number of amides is 1. The van der Waals surface area contributed by atoms with Crippen molar-refractivity contribution in [2.75, 3.05) is 42.8 Å². The topological polar surface area (TPSA) is 106 Å². The van der Waals surface area contributed by atoms with Crippen LogP contribution in [0.1, 0.15) is 32.4 Å². The standard InChI is InChI=1S/C30H33N7O3/c1-6-36(7-2)23-13-10-20(11-14-23)28-34-30-32-19(3)26(29(38)33-22-9-8-16-31-18-22)27(37(30)35-28)21-12-15-24(39-4)25(17-21)40-5/h8-18,27H,6-7H2,1-5H3,(H,33,38)(H,32,34,35). The van der Waals surface area contributed by atoms with Crippen LogP contribution in [0.2, 0.25) is 0 Å². The molecule has 1 aliphatic heterocycles. The number of carbonyl (C=O) groups is 1. The van der Waals surface area contributed by atoms with Crippen LogP contribution < -0.4 is 25.0 Å². The number of anilines is 3. The zero-order chi connectivity index (χ0) is 28.2. The summed E-state index contributed by atoms with van der Waals surface area (Å²) in [5, 5.41) is 11.2. The molecule has 0 saturated carbocycles. The zero-order valence-corrected chi connectivity index (χ0v) is 23.3. The monoisotopic (exact) mass is 539 g/mol. The molecule has 2 N–H and O–H groups in total. The fourth-order valence-corrected chi connectivity index (χ4v) is 4.94. The van der Waals surface area contributed by atoms with Gasteiger partial charge in [-0.05, 0) is 74.9 Å². The highest BCUT2D eigenvalue weighted by molar-refractivity contribution is 6.06. The van der Waals surface area contributed by atoms with Crippen molar-refractivity contribution in [3.05, 3.63) is 83.8 Å². The number of hydrogen-bond donors (Lipinski definition) is 2. The van der Waals surface area contributed by atoms with E-state index in [4.69, 9.17) is 19.6 Å². The summed E-state index contributed by atoms with van der Waals surface area (Å²) in [6.07, 6.45) is 3.27. The Morgan fingerprint density at radius 1 is 1.05 bits per heavy atom. The average molecular weight is 540 g/mol. The van der Waals surface area contributed by atoms with Crippen LogP contribution in [0, 0.1) is 0 Å². The molecule has 206 valence electrons. The van der Waals surface area contributed by atoms with Crippen LogP contribution in [0.15, 0.2) is 78.3 Å². The Morgan fingerprint density at radius 3 is 2.45 bits per heavy atom. The predicted octanol–water partition coefficient (Wildman–Crippen LogP) is 5.13. The third-order valence-corrected chi connectivity index (χ3v) is 6.99. The molecule has 10 heteroatoms. The van der Waals surface area contributed by atoms with E-state index in [-0.39, 0.29) is 5.91 Å². The molecule has 1 amide bonds. The molecule has 0 bridgehead atoms. The maximum absolute atomic E-state index is 13.7. The molecule has 0 saturated heterocycles. The van der Waals surface area contributed by atoms with Crippen LogP contribution in [0.4, 0.5) is 17.3 Å². The fourth-order valence-electron chi connectivity index (χ4n) is 4.94. The largest absolute Gasteiger partial charge is 0.493 e. The molecule has 0 spiro atoms. The second-order valence-electron chi connectivity index (χ2n) is 9.30. The maximum atomic E-state index is 13.7. The van der Waals surface area contributed by atoms with Gasteiger partial charge in [-0.3, -0.25) is 9.78 Å². The summed E-state index contributed by atoms with van der Waals surface area (Å²) in [6, 6.07) is 16.8. The molecular formula is C30H33N7O3. The van der Waals surface area contributed by atoms with Crippen LogP contribution in [0.25, 0.3) is 11.4 Å². The van der Waals surface area contributed by atoms with Gasteiger partial charge in [0.1, 0.15) is 6.04 Å². The summed E-state index contributed by atoms with van der Waals surface area (Å²) in [5.41, 5.74) is 4.58. The lowest BCUT2D eigenvalue weighted by atomic mass is 9.94. The number of ether oxygens (including phenoxy) is 2. The van der Waals surface area contributed by atoms with Crippen molar-refractivity contribution in [1.82, 2.24) is 19.7 Å². The quantitative estimate of drug-likeness (QED) is 0.302. The summed E-state index contributed by atoms with van der Waals surface area (Å²) in [6.45, 7) is 8.00. The Balaban J connectivity index is 1.58. The molecular weight excluding hydrogens is 506 g/mol. The van der Waals surface area contributed by atoms with Gasteiger partial charge in [0.25, 0.3) is 5.91 Å². The molecule has 10 nitrogen and oxygen atoms in total. The van der Waals surface area contributed by atoms with Gasteiger partial charge in [0.05, 0.1) is 31.7 Å². The summed E-state index contributed by atoms with van der Waals surface area (Å²) in [5.74, 6) is 1.97. The molecule has 0 radical (unpaired) electrons. The van der Waals surface area contributed by atoms with Crippen molar-refractivity contribution < 1.29 is 14.3 Å². The van der Waals surface area contributed by atoms with E-state index in [1.165, 1.54) is 0 Å². The van der Waals surface area contributed by atoms with E-state index in [0.717, 1.165) is 29.9 Å². The van der Waals surface area contributed by atoms with Gasteiger partial charge in [0.2, 0.25) is 5.95 Å². The highest BCUT2D eigenvalue weighted by Crippen LogP contribution is 2.40. The third-order valence-electron chi connectivity index (χ3n) is 6.99. The van der Waals surface area contributed by atoms with E-state index >= 15 is 0 Å². The van der Waals surface area contributed by atoms with Crippen molar-refractivity contribution in [3.8, 4) is 22.9 Å². The minimum atomic E-state index is -0.580. The van der Waals surface area contributed by atoms with E-state index in [1.54, 1.807) is 43.4 Å². The van der Waals surface area contributed by atoms with E-state index in [2.05, 4.69) is 46.5 Å². The number of aromatic nitrogens is 4. The lowest BCUT2D eigenvalue weighted by Gasteiger charge is -2.29. The van der Waals surface area contributed by atoms with Gasteiger partial charge < -0.3 is 25.0 Å². The molecule has 0 fully saturated rings. The number of allylic oxidation sites excluding steroid dienone is 1. The highest BCUT2D eigenvalue weighted by Gasteiger charge is 2.35. The summed E-state index contributed by atoms with van der Waals surface area (Å²) in [7, 11) is 3.17. The molecule has 1 unspecified atom stereocenters. The number of benzene rings is 2. The second-order valence-corrected chi connectivity index (χ2v) is 9.30. The number of pyridine rings is 1. The molecule has 2 aromatic carbocycles. The molecule has 1 aliphatic rings. The first kappa shape index (κ1) is 26.7. The van der Waals surface area contributed by atoms with Crippen molar-refractivity contribution in [2.45, 2.75) is 26.8 Å². The van der Waals surface area contributed by atoms with E-state index in [0.29, 0.717) is 40.2 Å². The van der Waals surface area contributed by atoms with Gasteiger partial charge in [0.15, 0.2) is 17.3 Å². The number of hydrogen-bond acceptors (Lipinski definition) is 8. The molecule has 4 aromatic rings. The van der Waals surface area contributed by atoms with E-state index in [9.17, 15) is 4.79 Å². The van der Waals surface area contributed by atoms with Crippen LogP contribution >= 0.6 is 0 Å². The van der Waals surface area contributed by atoms with E-state index in [1.807, 2.05) is 37.3 Å². The van der Waals surface area contributed by atoms with Crippen LogP contribution in [-0.2, 0) is 4.79 Å². The average Bonchev–Trinajstić information content (AvgIpc) is 3.41. The Morgan fingerprint density at radius 2 is 1.80 bits per heavy atom. The number of rotatable bonds is 9. The molecule has 3 heterocycles. The number of methoxy groups -OCH3 is 2. The maximum Gasteiger partial charge on any atom is 0.255 e. The fraction of sp³-hybridized carbons (Fsp3) is 0.267. The lowest BCUT2D eigenvalue weighted by molar-refractivity contribution is -0.113. The first-order valence-electron chi connectivity index (χ1n) is 13.2. The Labute approximate surface area is 233 Å². The third kappa shape index (κ3) is 5.07. The number of nitrogens with one attached hydrogen (secondary N) is 2. The van der Waals surface area contributed by atoms with Gasteiger partial charge in [-0.25, -0.2) is 4.68 Å². The SMILES string of the molecule is CCN(CC)c1ccc(-c2nc3n(n2)C(c2ccc(OC)c(OC)c2)C(C(=O)Nc2cccnc2)=C(C)N3)cc1. The van der Waals surface area contributed by atoms with Crippen LogP contribution in [-0.4, -0.2) is 53.0 Å². The van der Waals surface area contributed by atoms with Crippen LogP contribution in [0.3, 0.4) is 0 Å². The number of fused-ring (bicyclic) bond motifs is 1. The van der Waals surface area contributed by atoms with Crippen molar-refractivity contribution in [2.24, 2.45) is 0 Å². The van der Waals surface area contributed by atoms with Crippen LogP contribution in [0.5, 0.6) is 11.5 Å². The molecule has 40 heavy (non-hydrogen) atoms. The van der Waals surface area contributed by atoms with Crippen molar-refractivity contribution in [3.63, 3.8) is 0 Å². The van der Waals surface area contributed by atoms with Gasteiger partial charge in [-0.2, -0.15) is 4.98 Å². The summed E-state index contributed by atoms with van der Waals surface area (Å²) < 4.78 is 12.8. The Hall–Kier alpha value is -4.86. The Bertz CT molecular complexity index is 1530. The molecule has 2 aromatic heterocycles. The second kappa shape index (κ2) is 11.5. The molecule has 0 aliphatic carbocycles. The normalized spacial score (nSPS) is 14.3. The minimum absolute atomic E-state index is 0.274. The minimum Gasteiger partial charge on any atom is -0.493 e. The summed E-state index contributed by atoms with van der Waals surface area (Å²) >= 11 is 0. The highest BCUT2D eigenvalue weighted by atomic mass is 16.5. The first-order valence-corrected chi connectivity index (χ1v) is 13.2. The number of carbonyl (C=O) groups excluding carboxylic acids is 1. The smallest absolute Gasteiger partial charge is 0.255 e. The summed E-state index contributed by atoms with van der Waals surface area (Å²) in [4.78, 5) is 24.9. The first-order chi connectivity index (χ1) is 19.5. The van der Waals surface area contributed by atoms with Gasteiger partial charge in [0, 0.05) is 36.2 Å². The van der Waals surface area contributed by atoms with Gasteiger partial charge in [-0.15, -0.1) is 5.10 Å². The number of nitrogens with zero attached hydrogens (tertiary/aromatic N) is 5. The molecule has 1 atom stereocenters. The lowest BCUT2D eigenvalue weighted by Crippen LogP contribution is -2.31. The zero-order valence-electron chi connectivity index (χ0n) is 23.3. The van der Waals surface area contributed by atoms with Crippen molar-refractivity contribution in [1.29, 1.82) is 0 Å². The van der Waals surface area contributed by atoms with E-state index < -0.39 is 6.04 Å².